The van der Waals surface area contributed by atoms with E-state index < -0.39 is 10.0 Å². The molecule has 0 unspecified atom stereocenters. The molecule has 0 fully saturated rings. The van der Waals surface area contributed by atoms with Gasteiger partial charge in [-0.15, -0.1) is 24.0 Å². The lowest BCUT2D eigenvalue weighted by Gasteiger charge is -2.08. The van der Waals surface area contributed by atoms with Crippen molar-refractivity contribution in [1.82, 2.24) is 9.97 Å². The van der Waals surface area contributed by atoms with Gasteiger partial charge in [-0.1, -0.05) is 18.2 Å². The molecule has 0 aliphatic rings. The van der Waals surface area contributed by atoms with E-state index in [4.69, 9.17) is 11.6 Å². The Labute approximate surface area is 161 Å². The number of benzene rings is 1. The zero-order valence-corrected chi connectivity index (χ0v) is 15.7. The number of anilines is 1. The van der Waals surface area contributed by atoms with Gasteiger partial charge < -0.3 is 4.98 Å². The van der Waals surface area contributed by atoms with Gasteiger partial charge in [-0.05, 0) is 35.9 Å². The Morgan fingerprint density at radius 2 is 1.81 bits per heavy atom. The first-order valence-corrected chi connectivity index (χ1v) is 9.33. The number of hydrogen-bond donors (Lipinski definition) is 2. The predicted molar refractivity (Wildman–Crippen MR) is 104 cm³/mol. The molecule has 6 nitrogen and oxygen atoms in total. The van der Waals surface area contributed by atoms with Gasteiger partial charge in [0.25, 0.3) is 15.6 Å². The smallest absolute Gasteiger partial charge is 0.261 e. The molecule has 0 amide bonds. The maximum Gasteiger partial charge on any atom is 0.261 e. The molecule has 0 saturated carbocycles. The zero-order valence-electron chi connectivity index (χ0n) is 13.3. The summed E-state index contributed by atoms with van der Waals surface area (Å²) in [7, 11) is -3.71. The van der Waals surface area contributed by atoms with Crippen molar-refractivity contribution in [2.45, 2.75) is 10.8 Å². The van der Waals surface area contributed by atoms with Crippen molar-refractivity contribution < 1.29 is 8.42 Å². The number of rotatable bonds is 5. The van der Waals surface area contributed by atoms with Crippen LogP contribution in [0, 0.1) is 0 Å². The number of sulfonamides is 1. The molecule has 0 atom stereocenters. The van der Waals surface area contributed by atoms with E-state index in [0.29, 0.717) is 22.5 Å². The highest BCUT2D eigenvalue weighted by Gasteiger charge is 2.14. The third-order valence-electron chi connectivity index (χ3n) is 3.52. The van der Waals surface area contributed by atoms with E-state index in [1.807, 2.05) is 0 Å². The van der Waals surface area contributed by atoms with E-state index in [2.05, 4.69) is 14.7 Å². The molecule has 0 radical (unpaired) electrons. The monoisotopic (exact) mass is 411 g/mol. The van der Waals surface area contributed by atoms with Crippen LogP contribution >= 0.6 is 24.0 Å². The van der Waals surface area contributed by atoms with Crippen LogP contribution in [0.3, 0.4) is 0 Å². The summed E-state index contributed by atoms with van der Waals surface area (Å²) in [6, 6.07) is 12.8. The predicted octanol–water partition coefficient (Wildman–Crippen LogP) is 3.40. The molecule has 2 N–H and O–H groups in total. The van der Waals surface area contributed by atoms with E-state index in [1.54, 1.807) is 42.6 Å². The Morgan fingerprint density at radius 3 is 2.38 bits per heavy atom. The van der Waals surface area contributed by atoms with Crippen LogP contribution in [-0.2, 0) is 15.9 Å². The van der Waals surface area contributed by atoms with Crippen LogP contribution in [0.2, 0.25) is 0 Å². The Balaban J connectivity index is 0.00000243. The van der Waals surface area contributed by atoms with E-state index in [1.165, 1.54) is 18.3 Å². The van der Waals surface area contributed by atoms with Crippen molar-refractivity contribution in [2.24, 2.45) is 0 Å². The second kappa shape index (κ2) is 8.35. The second-order valence-corrected chi connectivity index (χ2v) is 7.18. The molecule has 0 aliphatic heterocycles. The SMILES string of the molecule is Cl.O=c1[nH]c(-c2ccc(S(=O)(=O)Nc3cccnc3)cc2)ccc1CCl. The number of H-pyrrole nitrogens is 1. The maximum absolute atomic E-state index is 12.4. The van der Waals surface area contributed by atoms with Crippen molar-refractivity contribution >= 4 is 39.7 Å². The normalized spacial score (nSPS) is 10.8. The van der Waals surface area contributed by atoms with Crippen LogP contribution in [-0.4, -0.2) is 18.4 Å². The highest BCUT2D eigenvalue weighted by atomic mass is 35.5. The molecule has 0 bridgehead atoms. The second-order valence-electron chi connectivity index (χ2n) is 5.23. The average molecular weight is 412 g/mol. The topological polar surface area (TPSA) is 91.9 Å². The third kappa shape index (κ3) is 4.43. The molecule has 0 aliphatic carbocycles. The van der Waals surface area contributed by atoms with Gasteiger partial charge in [0, 0.05) is 17.5 Å². The fourth-order valence-corrected chi connectivity index (χ4v) is 3.48. The Hall–Kier alpha value is -2.35. The first-order chi connectivity index (χ1) is 12.0. The van der Waals surface area contributed by atoms with Crippen LogP contribution in [0.15, 0.2) is 70.6 Å². The molecular weight excluding hydrogens is 397 g/mol. The number of aromatic nitrogens is 2. The summed E-state index contributed by atoms with van der Waals surface area (Å²) in [5, 5.41) is 0. The molecule has 3 rings (SSSR count). The van der Waals surface area contributed by atoms with E-state index in [-0.39, 0.29) is 28.7 Å². The summed E-state index contributed by atoms with van der Waals surface area (Å²) in [5.41, 5.74) is 1.88. The largest absolute Gasteiger partial charge is 0.322 e. The molecule has 1 aromatic carbocycles. The van der Waals surface area contributed by atoms with Crippen molar-refractivity contribution in [3.05, 3.63) is 76.8 Å². The summed E-state index contributed by atoms with van der Waals surface area (Å²) in [5.74, 6) is 0.132. The van der Waals surface area contributed by atoms with Crippen molar-refractivity contribution in [3.63, 3.8) is 0 Å². The van der Waals surface area contributed by atoms with Gasteiger partial charge in [0.2, 0.25) is 0 Å². The van der Waals surface area contributed by atoms with E-state index in [0.717, 1.165) is 0 Å². The third-order valence-corrected chi connectivity index (χ3v) is 5.21. The standard InChI is InChI=1S/C17H14ClN3O3S.ClH/c18-10-13-5-8-16(20-17(13)22)12-3-6-15(7-4-12)25(23,24)21-14-2-1-9-19-11-14;/h1-9,11,21H,10H2,(H,20,22);1H. The minimum Gasteiger partial charge on any atom is -0.322 e. The molecule has 2 heterocycles. The number of aromatic amines is 1. The summed E-state index contributed by atoms with van der Waals surface area (Å²) >= 11 is 5.67. The number of pyridine rings is 2. The molecule has 0 saturated heterocycles. The van der Waals surface area contributed by atoms with Crippen LogP contribution in [0.25, 0.3) is 11.3 Å². The van der Waals surface area contributed by atoms with E-state index in [9.17, 15) is 13.2 Å². The van der Waals surface area contributed by atoms with Crippen LogP contribution < -0.4 is 10.3 Å². The Bertz CT molecular complexity index is 1040. The minimum absolute atomic E-state index is 0. The number of nitrogens with zero attached hydrogens (tertiary/aromatic N) is 1. The van der Waals surface area contributed by atoms with E-state index >= 15 is 0 Å². The first kappa shape index (κ1) is 20.0. The van der Waals surface area contributed by atoms with Crippen molar-refractivity contribution in [1.29, 1.82) is 0 Å². The molecule has 136 valence electrons. The lowest BCUT2D eigenvalue weighted by atomic mass is 10.1. The molecule has 0 spiro atoms. The lowest BCUT2D eigenvalue weighted by molar-refractivity contribution is 0.601. The molecule has 26 heavy (non-hydrogen) atoms. The molecular formula is C17H15Cl2N3O3S. The van der Waals surface area contributed by atoms with Gasteiger partial charge in [0.15, 0.2) is 0 Å². The van der Waals surface area contributed by atoms with Crippen LogP contribution in [0.4, 0.5) is 5.69 Å². The number of halogens is 2. The number of hydrogen-bond acceptors (Lipinski definition) is 4. The van der Waals surface area contributed by atoms with Gasteiger partial charge in [-0.3, -0.25) is 14.5 Å². The maximum atomic E-state index is 12.4. The van der Waals surface area contributed by atoms with Gasteiger partial charge >= 0.3 is 0 Å². The molecule has 2 aromatic heterocycles. The highest BCUT2D eigenvalue weighted by molar-refractivity contribution is 7.92. The van der Waals surface area contributed by atoms with Crippen molar-refractivity contribution in [3.8, 4) is 11.3 Å². The highest BCUT2D eigenvalue weighted by Crippen LogP contribution is 2.20. The Kier molecular flexibility index (Phi) is 6.42. The lowest BCUT2D eigenvalue weighted by Crippen LogP contribution is -2.13. The average Bonchev–Trinajstić information content (AvgIpc) is 2.62. The minimum atomic E-state index is -3.71. The fourth-order valence-electron chi connectivity index (χ4n) is 2.23. The van der Waals surface area contributed by atoms with Gasteiger partial charge in [0.1, 0.15) is 0 Å². The summed E-state index contributed by atoms with van der Waals surface area (Å²) in [6.07, 6.45) is 2.98. The summed E-state index contributed by atoms with van der Waals surface area (Å²) < 4.78 is 27.2. The Morgan fingerprint density at radius 1 is 1.08 bits per heavy atom. The quantitative estimate of drug-likeness (QED) is 0.629. The summed E-state index contributed by atoms with van der Waals surface area (Å²) in [4.78, 5) is 18.5. The zero-order chi connectivity index (χ0) is 17.9. The van der Waals surface area contributed by atoms with Crippen molar-refractivity contribution in [2.75, 3.05) is 4.72 Å². The van der Waals surface area contributed by atoms with Gasteiger partial charge in [0.05, 0.1) is 22.7 Å². The van der Waals surface area contributed by atoms with Gasteiger partial charge in [-0.2, -0.15) is 0 Å². The van der Waals surface area contributed by atoms with Crippen LogP contribution in [0.5, 0.6) is 0 Å². The van der Waals surface area contributed by atoms with Gasteiger partial charge in [-0.25, -0.2) is 8.42 Å². The first-order valence-electron chi connectivity index (χ1n) is 7.31. The van der Waals surface area contributed by atoms with Crippen LogP contribution in [0.1, 0.15) is 5.56 Å². The molecule has 9 heteroatoms. The number of alkyl halides is 1. The number of nitrogens with one attached hydrogen (secondary N) is 2. The fraction of sp³-hybridized carbons (Fsp3) is 0.0588. The molecule has 3 aromatic rings. The summed E-state index contributed by atoms with van der Waals surface area (Å²) in [6.45, 7) is 0.